The van der Waals surface area contributed by atoms with Crippen molar-refractivity contribution >= 4 is 31.9 Å². The lowest BCUT2D eigenvalue weighted by atomic mass is 10.2. The minimum Gasteiger partial charge on any atom is -0.340 e. The summed E-state index contributed by atoms with van der Waals surface area (Å²) < 4.78 is 29.9. The molecule has 1 saturated heterocycles. The van der Waals surface area contributed by atoms with Crippen LogP contribution in [-0.2, 0) is 14.8 Å². The number of carbonyl (C=O) groups is 1. The lowest BCUT2D eigenvalue weighted by molar-refractivity contribution is -0.133. The van der Waals surface area contributed by atoms with Crippen LogP contribution in [0.25, 0.3) is 0 Å². The van der Waals surface area contributed by atoms with Crippen LogP contribution in [0.3, 0.4) is 0 Å². The van der Waals surface area contributed by atoms with Crippen molar-refractivity contribution in [1.29, 1.82) is 0 Å². The first-order valence-electron chi connectivity index (χ1n) is 9.67. The molecule has 158 valence electrons. The summed E-state index contributed by atoms with van der Waals surface area (Å²) >= 11 is 3.52. The number of amides is 1. The minimum absolute atomic E-state index is 0.0218. The van der Waals surface area contributed by atoms with Crippen molar-refractivity contribution in [3.63, 3.8) is 0 Å². The topological polar surface area (TPSA) is 75.5 Å². The predicted molar refractivity (Wildman–Crippen MR) is 115 cm³/mol. The summed E-state index contributed by atoms with van der Waals surface area (Å²) in [4.78, 5) is 14.8. The van der Waals surface area contributed by atoms with E-state index in [1.807, 2.05) is 32.4 Å². The second kappa shape index (κ2) is 8.57. The molecule has 0 N–H and O–H groups in total. The number of aryl methyl sites for hydroxylation is 2. The highest BCUT2D eigenvalue weighted by Gasteiger charge is 2.30. The van der Waals surface area contributed by atoms with Gasteiger partial charge >= 0.3 is 0 Å². The molecule has 1 aliphatic rings. The van der Waals surface area contributed by atoms with Gasteiger partial charge in [-0.2, -0.15) is 9.40 Å². The molecule has 1 aliphatic heterocycles. The van der Waals surface area contributed by atoms with Crippen LogP contribution < -0.4 is 0 Å². The third-order valence-electron chi connectivity index (χ3n) is 5.37. The van der Waals surface area contributed by atoms with E-state index in [1.54, 1.807) is 29.2 Å². The first-order valence-corrected chi connectivity index (χ1v) is 11.9. The first kappa shape index (κ1) is 22.0. The predicted octanol–water partition coefficient (Wildman–Crippen LogP) is 3.06. The van der Waals surface area contributed by atoms with Crippen LogP contribution in [0.1, 0.15) is 36.3 Å². The van der Waals surface area contributed by atoms with E-state index in [2.05, 4.69) is 21.0 Å². The SMILES string of the molecule is Cc1ccc(S(=O)(=O)N2CCN(C(=O)C[C@H](C)n3nc(C)c(Br)c3C)CC2)cc1. The Hall–Kier alpha value is -1.71. The zero-order valence-electron chi connectivity index (χ0n) is 17.2. The fourth-order valence-corrected chi connectivity index (χ4v) is 5.26. The second-order valence-corrected chi connectivity index (χ2v) is 10.3. The van der Waals surface area contributed by atoms with Gasteiger partial charge in [0.15, 0.2) is 0 Å². The molecule has 1 atom stereocenters. The average Bonchev–Trinajstić information content (AvgIpc) is 2.96. The summed E-state index contributed by atoms with van der Waals surface area (Å²) in [7, 11) is -3.53. The van der Waals surface area contributed by atoms with Crippen LogP contribution in [0.5, 0.6) is 0 Å². The quantitative estimate of drug-likeness (QED) is 0.655. The second-order valence-electron chi connectivity index (χ2n) is 7.58. The molecule has 2 aromatic rings. The Morgan fingerprint density at radius 2 is 1.69 bits per heavy atom. The van der Waals surface area contributed by atoms with Crippen molar-refractivity contribution in [2.24, 2.45) is 0 Å². The normalized spacial score (nSPS) is 16.8. The van der Waals surface area contributed by atoms with Gasteiger partial charge in [0, 0.05) is 32.6 Å². The third kappa shape index (κ3) is 4.57. The summed E-state index contributed by atoms with van der Waals surface area (Å²) in [6, 6.07) is 6.80. The van der Waals surface area contributed by atoms with Crippen LogP contribution in [0, 0.1) is 20.8 Å². The lowest BCUT2D eigenvalue weighted by Gasteiger charge is -2.34. The molecule has 0 spiro atoms. The molecule has 0 radical (unpaired) electrons. The number of nitrogens with zero attached hydrogens (tertiary/aromatic N) is 4. The number of hydrogen-bond acceptors (Lipinski definition) is 4. The number of carbonyl (C=O) groups excluding carboxylic acids is 1. The number of hydrogen-bond donors (Lipinski definition) is 0. The van der Waals surface area contributed by atoms with Gasteiger partial charge in [0.05, 0.1) is 26.8 Å². The van der Waals surface area contributed by atoms with Gasteiger partial charge in [-0.25, -0.2) is 8.42 Å². The molecule has 1 amide bonds. The first-order chi connectivity index (χ1) is 13.6. The maximum Gasteiger partial charge on any atom is 0.243 e. The smallest absolute Gasteiger partial charge is 0.243 e. The van der Waals surface area contributed by atoms with E-state index in [4.69, 9.17) is 0 Å². The Bertz CT molecular complexity index is 993. The highest BCUT2D eigenvalue weighted by Crippen LogP contribution is 2.25. The monoisotopic (exact) mass is 482 g/mol. The van der Waals surface area contributed by atoms with Crippen LogP contribution in [-0.4, -0.2) is 59.5 Å². The van der Waals surface area contributed by atoms with E-state index in [9.17, 15) is 13.2 Å². The summed E-state index contributed by atoms with van der Waals surface area (Å²) in [5.41, 5.74) is 2.91. The summed E-state index contributed by atoms with van der Waals surface area (Å²) in [5.74, 6) is 0.0218. The Morgan fingerprint density at radius 1 is 1.10 bits per heavy atom. The van der Waals surface area contributed by atoms with Crippen LogP contribution in [0.4, 0.5) is 0 Å². The van der Waals surface area contributed by atoms with Crippen LogP contribution >= 0.6 is 15.9 Å². The van der Waals surface area contributed by atoms with E-state index in [0.29, 0.717) is 37.5 Å². The fraction of sp³-hybridized carbons (Fsp3) is 0.500. The Balaban J connectivity index is 1.60. The molecular weight excluding hydrogens is 456 g/mol. The molecule has 7 nitrogen and oxygen atoms in total. The molecule has 9 heteroatoms. The highest BCUT2D eigenvalue weighted by molar-refractivity contribution is 9.10. The maximum absolute atomic E-state index is 12.8. The van der Waals surface area contributed by atoms with Gasteiger partial charge in [-0.15, -0.1) is 0 Å². The number of aromatic nitrogens is 2. The average molecular weight is 483 g/mol. The molecule has 0 bridgehead atoms. The van der Waals surface area contributed by atoms with Crippen molar-refractivity contribution in [2.75, 3.05) is 26.2 Å². The number of sulfonamides is 1. The van der Waals surface area contributed by atoms with Crippen molar-refractivity contribution in [3.8, 4) is 0 Å². The zero-order valence-corrected chi connectivity index (χ0v) is 19.6. The van der Waals surface area contributed by atoms with Gasteiger partial charge in [0.2, 0.25) is 15.9 Å². The Morgan fingerprint density at radius 3 is 2.21 bits per heavy atom. The van der Waals surface area contributed by atoms with Crippen LogP contribution in [0.15, 0.2) is 33.6 Å². The van der Waals surface area contributed by atoms with Crippen molar-refractivity contribution in [2.45, 2.75) is 45.1 Å². The zero-order chi connectivity index (χ0) is 21.3. The van der Waals surface area contributed by atoms with Gasteiger partial charge in [-0.3, -0.25) is 9.48 Å². The van der Waals surface area contributed by atoms with E-state index < -0.39 is 10.0 Å². The Labute approximate surface area is 180 Å². The van der Waals surface area contributed by atoms with Crippen molar-refractivity contribution < 1.29 is 13.2 Å². The molecule has 0 saturated carbocycles. The summed E-state index contributed by atoms with van der Waals surface area (Å²) in [6.45, 7) is 9.21. The van der Waals surface area contributed by atoms with Crippen molar-refractivity contribution in [3.05, 3.63) is 45.7 Å². The number of halogens is 1. The molecule has 2 heterocycles. The number of rotatable bonds is 5. The highest BCUT2D eigenvalue weighted by atomic mass is 79.9. The summed E-state index contributed by atoms with van der Waals surface area (Å²) in [6.07, 6.45) is 0.332. The largest absolute Gasteiger partial charge is 0.340 e. The fourth-order valence-electron chi connectivity index (χ4n) is 3.58. The van der Waals surface area contributed by atoms with E-state index in [-0.39, 0.29) is 11.9 Å². The maximum atomic E-state index is 12.8. The molecule has 3 rings (SSSR count). The standard InChI is InChI=1S/C20H27BrN4O3S/c1-14-5-7-18(8-6-14)29(27,28)24-11-9-23(10-12-24)19(26)13-15(2)25-17(4)20(21)16(3)22-25/h5-8,15H,9-13H2,1-4H3/t15-/m0/s1. The van der Waals surface area contributed by atoms with Crippen molar-refractivity contribution in [1.82, 2.24) is 19.0 Å². The van der Waals surface area contributed by atoms with Gasteiger partial charge in [0.25, 0.3) is 0 Å². The van der Waals surface area contributed by atoms with E-state index in [1.165, 1.54) is 4.31 Å². The molecular formula is C20H27BrN4O3S. The van der Waals surface area contributed by atoms with Gasteiger partial charge in [0.1, 0.15) is 0 Å². The molecule has 29 heavy (non-hydrogen) atoms. The molecule has 0 unspecified atom stereocenters. The molecule has 0 aliphatic carbocycles. The summed E-state index contributed by atoms with van der Waals surface area (Å²) in [5, 5.41) is 4.50. The van der Waals surface area contributed by atoms with Gasteiger partial charge < -0.3 is 4.90 Å². The van der Waals surface area contributed by atoms with E-state index in [0.717, 1.165) is 21.4 Å². The molecule has 1 aromatic carbocycles. The lowest BCUT2D eigenvalue weighted by Crippen LogP contribution is -2.50. The number of benzene rings is 1. The van der Waals surface area contributed by atoms with Gasteiger partial charge in [-0.05, 0) is 55.8 Å². The third-order valence-corrected chi connectivity index (χ3v) is 8.43. The number of piperazine rings is 1. The van der Waals surface area contributed by atoms with Crippen LogP contribution in [0.2, 0.25) is 0 Å². The molecule has 1 fully saturated rings. The molecule has 1 aromatic heterocycles. The van der Waals surface area contributed by atoms with Gasteiger partial charge in [-0.1, -0.05) is 17.7 Å². The Kier molecular flexibility index (Phi) is 6.50. The van der Waals surface area contributed by atoms with E-state index >= 15 is 0 Å². The minimum atomic E-state index is -3.53.